The van der Waals surface area contributed by atoms with E-state index in [1.165, 1.54) is 12.1 Å². The van der Waals surface area contributed by atoms with Gasteiger partial charge in [-0.25, -0.2) is 0 Å². The van der Waals surface area contributed by atoms with Crippen molar-refractivity contribution in [2.24, 2.45) is 0 Å². The van der Waals surface area contributed by atoms with Gasteiger partial charge in [0.15, 0.2) is 6.61 Å². The van der Waals surface area contributed by atoms with Crippen molar-refractivity contribution in [3.8, 4) is 5.75 Å². The number of benzene rings is 1. The van der Waals surface area contributed by atoms with Crippen LogP contribution in [0.2, 0.25) is 0 Å². The van der Waals surface area contributed by atoms with Crippen LogP contribution in [0, 0.1) is 0 Å². The summed E-state index contributed by atoms with van der Waals surface area (Å²) in [7, 11) is 0. The zero-order valence-electron chi connectivity index (χ0n) is 12.0. The predicted molar refractivity (Wildman–Crippen MR) is 78.2 cm³/mol. The topological polar surface area (TPSA) is 41.6 Å². The smallest absolute Gasteiger partial charge is 0.416 e. The molecule has 22 heavy (non-hydrogen) atoms. The van der Waals surface area contributed by atoms with E-state index in [4.69, 9.17) is 4.74 Å². The molecule has 1 aromatic carbocycles. The number of ether oxygens (including phenoxy) is 1. The highest BCUT2D eigenvalue weighted by molar-refractivity contribution is 5.85. The van der Waals surface area contributed by atoms with E-state index in [0.29, 0.717) is 6.54 Å². The summed E-state index contributed by atoms with van der Waals surface area (Å²) in [5.41, 5.74) is -0.739. The van der Waals surface area contributed by atoms with E-state index in [1.54, 1.807) is 4.90 Å². The van der Waals surface area contributed by atoms with Crippen molar-refractivity contribution in [2.45, 2.75) is 19.1 Å². The highest BCUT2D eigenvalue weighted by Gasteiger charge is 2.30. The molecule has 0 bridgehead atoms. The molecule has 1 unspecified atom stereocenters. The maximum Gasteiger partial charge on any atom is 0.416 e. The predicted octanol–water partition coefficient (Wildman–Crippen LogP) is 2.33. The zero-order valence-corrected chi connectivity index (χ0v) is 12.8. The molecule has 8 heteroatoms. The summed E-state index contributed by atoms with van der Waals surface area (Å²) in [6, 6.07) is 4.40. The Morgan fingerprint density at radius 2 is 2.00 bits per heavy atom. The fraction of sp³-hybridized carbons (Fsp3) is 0.500. The first-order chi connectivity index (χ1) is 9.88. The summed E-state index contributed by atoms with van der Waals surface area (Å²) in [6.07, 6.45) is -4.37. The number of carbonyl (C=O) groups is 1. The molecule has 1 aliphatic rings. The van der Waals surface area contributed by atoms with Gasteiger partial charge in [0.2, 0.25) is 0 Å². The molecule has 0 spiro atoms. The molecule has 1 N–H and O–H groups in total. The molecule has 1 saturated heterocycles. The van der Waals surface area contributed by atoms with Crippen molar-refractivity contribution < 1.29 is 22.7 Å². The van der Waals surface area contributed by atoms with Crippen molar-refractivity contribution in [1.82, 2.24) is 10.2 Å². The molecule has 0 aliphatic carbocycles. The zero-order chi connectivity index (χ0) is 15.5. The number of carbonyl (C=O) groups excluding carboxylic acids is 1. The highest BCUT2D eigenvalue weighted by atomic mass is 35.5. The number of alkyl halides is 3. The molecule has 2 rings (SSSR count). The molecule has 4 nitrogen and oxygen atoms in total. The normalized spacial score (nSPS) is 18.5. The minimum atomic E-state index is -4.37. The fourth-order valence-corrected chi connectivity index (χ4v) is 2.18. The molecule has 1 amide bonds. The van der Waals surface area contributed by atoms with Crippen molar-refractivity contribution in [2.75, 3.05) is 26.2 Å². The van der Waals surface area contributed by atoms with Gasteiger partial charge in [-0.1, -0.05) is 0 Å². The van der Waals surface area contributed by atoms with Gasteiger partial charge >= 0.3 is 6.18 Å². The molecular formula is C14H18ClF3N2O2. The van der Waals surface area contributed by atoms with E-state index in [1.807, 2.05) is 6.92 Å². The number of hydrogen-bond acceptors (Lipinski definition) is 3. The van der Waals surface area contributed by atoms with Crippen LogP contribution in [0.5, 0.6) is 5.75 Å². The molecule has 124 valence electrons. The minimum absolute atomic E-state index is 0. The lowest BCUT2D eigenvalue weighted by Crippen LogP contribution is -2.53. The Hall–Kier alpha value is -1.47. The van der Waals surface area contributed by atoms with E-state index < -0.39 is 11.7 Å². The largest absolute Gasteiger partial charge is 0.484 e. The van der Waals surface area contributed by atoms with Crippen LogP contribution < -0.4 is 10.1 Å². The quantitative estimate of drug-likeness (QED) is 0.919. The minimum Gasteiger partial charge on any atom is -0.484 e. The van der Waals surface area contributed by atoms with Crippen LogP contribution >= 0.6 is 12.4 Å². The Morgan fingerprint density at radius 1 is 1.36 bits per heavy atom. The second kappa shape index (κ2) is 7.69. The van der Waals surface area contributed by atoms with Gasteiger partial charge in [-0.2, -0.15) is 13.2 Å². The average molecular weight is 339 g/mol. The number of rotatable bonds is 3. The Kier molecular flexibility index (Phi) is 6.49. The van der Waals surface area contributed by atoms with Crippen LogP contribution in [0.15, 0.2) is 24.3 Å². The third kappa shape index (κ3) is 4.78. The van der Waals surface area contributed by atoms with Gasteiger partial charge in [0.25, 0.3) is 5.91 Å². The lowest BCUT2D eigenvalue weighted by molar-refractivity contribution is -0.138. The Labute approximate surface area is 133 Å². The molecule has 1 heterocycles. The summed E-state index contributed by atoms with van der Waals surface area (Å²) in [5.74, 6) is 0.0861. The summed E-state index contributed by atoms with van der Waals surface area (Å²) in [5, 5.41) is 3.17. The highest BCUT2D eigenvalue weighted by Crippen LogP contribution is 2.30. The molecule has 1 atom stereocenters. The Morgan fingerprint density at radius 3 is 2.55 bits per heavy atom. The lowest BCUT2D eigenvalue weighted by atomic mass is 10.2. The van der Waals surface area contributed by atoms with Crippen molar-refractivity contribution in [3.63, 3.8) is 0 Å². The standard InChI is InChI=1S/C14H17F3N2O2.ClH/c1-10-8-18-6-7-19(10)13(20)9-21-12-4-2-11(3-5-12)14(15,16)17;/h2-5,10,18H,6-9H2,1H3;1H. The molecule has 1 aromatic rings. The van der Waals surface area contributed by atoms with E-state index in [9.17, 15) is 18.0 Å². The Balaban J connectivity index is 0.00000242. The van der Waals surface area contributed by atoms with Gasteiger partial charge in [0.1, 0.15) is 5.75 Å². The molecular weight excluding hydrogens is 321 g/mol. The molecule has 0 aromatic heterocycles. The average Bonchev–Trinajstić information content (AvgIpc) is 2.45. The van der Waals surface area contributed by atoms with Crippen LogP contribution in [-0.4, -0.2) is 43.1 Å². The van der Waals surface area contributed by atoms with Crippen LogP contribution in [0.25, 0.3) is 0 Å². The number of piperazine rings is 1. The number of hydrogen-bond donors (Lipinski definition) is 1. The van der Waals surface area contributed by atoms with Gasteiger partial charge in [-0.05, 0) is 31.2 Å². The number of amides is 1. The maximum atomic E-state index is 12.4. The first-order valence-corrected chi connectivity index (χ1v) is 6.68. The van der Waals surface area contributed by atoms with Gasteiger partial charge < -0.3 is 15.0 Å². The summed E-state index contributed by atoms with van der Waals surface area (Å²) < 4.78 is 42.5. The second-order valence-electron chi connectivity index (χ2n) is 4.95. The number of nitrogens with zero attached hydrogens (tertiary/aromatic N) is 1. The lowest BCUT2D eigenvalue weighted by Gasteiger charge is -2.33. The maximum absolute atomic E-state index is 12.4. The monoisotopic (exact) mass is 338 g/mol. The van der Waals surface area contributed by atoms with Gasteiger partial charge in [-0.3, -0.25) is 4.79 Å². The van der Waals surface area contributed by atoms with Gasteiger partial charge in [0.05, 0.1) is 5.56 Å². The van der Waals surface area contributed by atoms with Crippen LogP contribution in [-0.2, 0) is 11.0 Å². The fourth-order valence-electron chi connectivity index (χ4n) is 2.18. The molecule has 0 saturated carbocycles. The summed E-state index contributed by atoms with van der Waals surface area (Å²) in [4.78, 5) is 13.7. The number of halogens is 4. The summed E-state index contributed by atoms with van der Waals surface area (Å²) >= 11 is 0. The van der Waals surface area contributed by atoms with Gasteiger partial charge in [0, 0.05) is 25.7 Å². The molecule has 1 aliphatic heterocycles. The van der Waals surface area contributed by atoms with Crippen molar-refractivity contribution >= 4 is 18.3 Å². The van der Waals surface area contributed by atoms with Crippen molar-refractivity contribution in [1.29, 1.82) is 0 Å². The van der Waals surface area contributed by atoms with Crippen LogP contribution in [0.4, 0.5) is 13.2 Å². The van der Waals surface area contributed by atoms with E-state index >= 15 is 0 Å². The Bertz CT molecular complexity index is 494. The SMILES string of the molecule is CC1CNCCN1C(=O)COc1ccc(C(F)(F)F)cc1.Cl. The third-order valence-electron chi connectivity index (χ3n) is 3.37. The molecule has 1 fully saturated rings. The third-order valence-corrected chi connectivity index (χ3v) is 3.37. The first-order valence-electron chi connectivity index (χ1n) is 6.68. The van der Waals surface area contributed by atoms with E-state index in [0.717, 1.165) is 25.2 Å². The van der Waals surface area contributed by atoms with E-state index in [2.05, 4.69) is 5.32 Å². The van der Waals surface area contributed by atoms with Crippen molar-refractivity contribution in [3.05, 3.63) is 29.8 Å². The summed E-state index contributed by atoms with van der Waals surface area (Å²) in [6.45, 7) is 3.83. The molecule has 0 radical (unpaired) electrons. The van der Waals surface area contributed by atoms with Crippen LogP contribution in [0.3, 0.4) is 0 Å². The first kappa shape index (κ1) is 18.6. The van der Waals surface area contributed by atoms with Crippen LogP contribution in [0.1, 0.15) is 12.5 Å². The van der Waals surface area contributed by atoms with E-state index in [-0.39, 0.29) is 36.7 Å². The number of nitrogens with one attached hydrogen (secondary N) is 1. The van der Waals surface area contributed by atoms with Gasteiger partial charge in [-0.15, -0.1) is 12.4 Å². The second-order valence-corrected chi connectivity index (χ2v) is 4.95.